The molecule has 0 aromatic heterocycles. The molecule has 3 aromatic carbocycles. The lowest BCUT2D eigenvalue weighted by atomic mass is 9.78. The summed E-state index contributed by atoms with van der Waals surface area (Å²) in [5.41, 5.74) is 11.2. The van der Waals surface area contributed by atoms with E-state index in [0.29, 0.717) is 17.0 Å². The van der Waals surface area contributed by atoms with Crippen molar-refractivity contribution in [1.29, 1.82) is 5.41 Å². The van der Waals surface area contributed by atoms with Gasteiger partial charge in [0.05, 0.1) is 0 Å². The summed E-state index contributed by atoms with van der Waals surface area (Å²) < 4.78 is 26.2. The highest BCUT2D eigenvalue weighted by Gasteiger charge is 2.27. The third kappa shape index (κ3) is 4.54. The van der Waals surface area contributed by atoms with Crippen LogP contribution in [0, 0.1) is 5.41 Å². The van der Waals surface area contributed by atoms with Crippen molar-refractivity contribution in [1.82, 2.24) is 0 Å². The standard InChI is InChI=1S/C28H31F2N3/c1-4-5-6-12-28(2,3)20-11-10-18-15-22-25(27(32)33-26(22)31)24(21(18)16-20)19-9-7-8-17(13-19)14-23(29)30/h7-11,13,15-16,23H,4-6,12,14H2,1-3H3,(H3,31,32,33). The molecule has 3 N–H and O–H groups in total. The number of hydrogen-bond donors (Lipinski definition) is 2. The molecule has 0 amide bonds. The molecule has 0 saturated heterocycles. The Kier molecular flexibility index (Phi) is 6.33. The Morgan fingerprint density at radius 3 is 2.55 bits per heavy atom. The van der Waals surface area contributed by atoms with Gasteiger partial charge in [-0.2, -0.15) is 0 Å². The number of aliphatic imine (C=N–C) groups is 1. The van der Waals surface area contributed by atoms with E-state index in [-0.39, 0.29) is 17.7 Å². The second-order valence-corrected chi connectivity index (χ2v) is 9.59. The first-order valence-electron chi connectivity index (χ1n) is 11.6. The number of nitrogens with two attached hydrogens (primary N) is 1. The number of hydrogen-bond acceptors (Lipinski definition) is 2. The van der Waals surface area contributed by atoms with Gasteiger partial charge in [-0.05, 0) is 51.4 Å². The number of benzene rings is 3. The maximum absolute atomic E-state index is 13.1. The van der Waals surface area contributed by atoms with Gasteiger partial charge < -0.3 is 5.73 Å². The van der Waals surface area contributed by atoms with Crippen LogP contribution in [-0.4, -0.2) is 18.1 Å². The molecular formula is C28H31F2N3. The average Bonchev–Trinajstić information content (AvgIpc) is 3.04. The maximum atomic E-state index is 13.1. The number of unbranched alkanes of at least 4 members (excludes halogenated alkanes) is 2. The summed E-state index contributed by atoms with van der Waals surface area (Å²) in [6.45, 7) is 6.75. The van der Waals surface area contributed by atoms with Gasteiger partial charge in [-0.3, -0.25) is 5.41 Å². The first-order chi connectivity index (χ1) is 15.7. The average molecular weight is 448 g/mol. The van der Waals surface area contributed by atoms with Crippen LogP contribution >= 0.6 is 0 Å². The third-order valence-corrected chi connectivity index (χ3v) is 6.68. The maximum Gasteiger partial charge on any atom is 0.242 e. The Bertz CT molecular complexity index is 1240. The highest BCUT2D eigenvalue weighted by atomic mass is 19.3. The van der Waals surface area contributed by atoms with Gasteiger partial charge in [0.1, 0.15) is 5.84 Å². The topological polar surface area (TPSA) is 62.2 Å². The zero-order valence-corrected chi connectivity index (χ0v) is 19.5. The fourth-order valence-corrected chi connectivity index (χ4v) is 4.80. The lowest BCUT2D eigenvalue weighted by Gasteiger charge is -2.26. The number of rotatable bonds is 8. The molecule has 0 saturated carbocycles. The zero-order valence-electron chi connectivity index (χ0n) is 19.5. The predicted molar refractivity (Wildman–Crippen MR) is 134 cm³/mol. The highest BCUT2D eigenvalue weighted by Crippen LogP contribution is 2.40. The molecule has 3 nitrogen and oxygen atoms in total. The minimum absolute atomic E-state index is 0.00348. The predicted octanol–water partition coefficient (Wildman–Crippen LogP) is 7.22. The summed E-state index contributed by atoms with van der Waals surface area (Å²) in [5.74, 6) is 0.442. The van der Waals surface area contributed by atoms with Gasteiger partial charge >= 0.3 is 0 Å². The van der Waals surface area contributed by atoms with E-state index in [2.05, 4.69) is 44.0 Å². The van der Waals surface area contributed by atoms with Crippen LogP contribution in [0.1, 0.15) is 68.7 Å². The van der Waals surface area contributed by atoms with Crippen molar-refractivity contribution in [2.45, 2.75) is 64.7 Å². The van der Waals surface area contributed by atoms with Crippen LogP contribution in [-0.2, 0) is 11.8 Å². The van der Waals surface area contributed by atoms with E-state index in [9.17, 15) is 8.78 Å². The molecule has 3 aromatic rings. The number of amidine groups is 2. The van der Waals surface area contributed by atoms with Gasteiger partial charge in [0, 0.05) is 23.1 Å². The molecule has 0 unspecified atom stereocenters. The highest BCUT2D eigenvalue weighted by molar-refractivity contribution is 6.27. The minimum Gasteiger partial charge on any atom is -0.383 e. The summed E-state index contributed by atoms with van der Waals surface area (Å²) >= 11 is 0. The van der Waals surface area contributed by atoms with E-state index in [1.165, 1.54) is 24.8 Å². The lowest BCUT2D eigenvalue weighted by Crippen LogP contribution is -2.17. The molecule has 0 radical (unpaired) electrons. The number of nitrogens with zero attached hydrogens (tertiary/aromatic N) is 1. The van der Waals surface area contributed by atoms with Crippen molar-refractivity contribution in [3.05, 3.63) is 70.8 Å². The molecular weight excluding hydrogens is 416 g/mol. The van der Waals surface area contributed by atoms with Gasteiger partial charge in [-0.15, -0.1) is 0 Å². The minimum atomic E-state index is -2.41. The second kappa shape index (κ2) is 9.05. The molecule has 33 heavy (non-hydrogen) atoms. The second-order valence-electron chi connectivity index (χ2n) is 9.59. The van der Waals surface area contributed by atoms with Gasteiger partial charge in [0.25, 0.3) is 0 Å². The van der Waals surface area contributed by atoms with Crippen molar-refractivity contribution in [3.63, 3.8) is 0 Å². The fraction of sp³-hybridized carbons (Fsp3) is 0.357. The normalized spacial score (nSPS) is 13.6. The molecule has 1 heterocycles. The zero-order chi connectivity index (χ0) is 23.8. The van der Waals surface area contributed by atoms with Crippen LogP contribution in [0.4, 0.5) is 8.78 Å². The Balaban J connectivity index is 1.94. The molecule has 172 valence electrons. The molecule has 1 aliphatic heterocycles. The molecule has 1 aliphatic rings. The van der Waals surface area contributed by atoms with E-state index < -0.39 is 6.43 Å². The molecule has 0 bridgehead atoms. The van der Waals surface area contributed by atoms with E-state index >= 15 is 0 Å². The molecule has 4 rings (SSSR count). The number of alkyl halides is 2. The van der Waals surface area contributed by atoms with Crippen molar-refractivity contribution < 1.29 is 8.78 Å². The van der Waals surface area contributed by atoms with Crippen LogP contribution in [0.2, 0.25) is 0 Å². The van der Waals surface area contributed by atoms with Crippen LogP contribution in [0.3, 0.4) is 0 Å². The van der Waals surface area contributed by atoms with Crippen LogP contribution < -0.4 is 5.73 Å². The Hall–Kier alpha value is -3.08. The van der Waals surface area contributed by atoms with E-state index in [1.807, 2.05) is 24.3 Å². The lowest BCUT2D eigenvalue weighted by molar-refractivity contribution is 0.149. The van der Waals surface area contributed by atoms with Crippen molar-refractivity contribution in [2.24, 2.45) is 10.7 Å². The third-order valence-electron chi connectivity index (χ3n) is 6.68. The monoisotopic (exact) mass is 447 g/mol. The molecule has 0 atom stereocenters. The van der Waals surface area contributed by atoms with E-state index in [0.717, 1.165) is 33.9 Å². The summed E-state index contributed by atoms with van der Waals surface area (Å²) in [6, 6.07) is 15.7. The number of nitrogens with one attached hydrogen (secondary N) is 1. The molecule has 0 spiro atoms. The molecule has 0 aliphatic carbocycles. The first kappa shape index (κ1) is 23.1. The summed E-state index contributed by atoms with van der Waals surface area (Å²) in [6.07, 6.45) is 1.95. The summed E-state index contributed by atoms with van der Waals surface area (Å²) in [5, 5.41) is 10.3. The Morgan fingerprint density at radius 2 is 1.82 bits per heavy atom. The van der Waals surface area contributed by atoms with Crippen LogP contribution in [0.25, 0.3) is 21.9 Å². The van der Waals surface area contributed by atoms with Crippen molar-refractivity contribution in [3.8, 4) is 11.1 Å². The SMILES string of the molecule is CCCCCC(C)(C)c1ccc2cc3c(c(-c4cccc(CC(F)F)c4)c2c1)C(N)=NC3=N. The van der Waals surface area contributed by atoms with E-state index in [4.69, 9.17) is 11.1 Å². The van der Waals surface area contributed by atoms with E-state index in [1.54, 1.807) is 6.07 Å². The molecule has 0 fully saturated rings. The Morgan fingerprint density at radius 1 is 1.03 bits per heavy atom. The van der Waals surface area contributed by atoms with Crippen molar-refractivity contribution >= 4 is 22.4 Å². The quantitative estimate of drug-likeness (QED) is 0.352. The Labute approximate surface area is 194 Å². The smallest absolute Gasteiger partial charge is 0.242 e. The van der Waals surface area contributed by atoms with Crippen molar-refractivity contribution in [2.75, 3.05) is 0 Å². The number of halogens is 2. The summed E-state index contributed by atoms with van der Waals surface area (Å²) in [4.78, 5) is 4.22. The fourth-order valence-electron chi connectivity index (χ4n) is 4.80. The largest absolute Gasteiger partial charge is 0.383 e. The van der Waals surface area contributed by atoms with Crippen LogP contribution in [0.15, 0.2) is 53.5 Å². The first-order valence-corrected chi connectivity index (χ1v) is 11.6. The van der Waals surface area contributed by atoms with Gasteiger partial charge in [0.2, 0.25) is 6.43 Å². The molecule has 5 heteroatoms. The van der Waals surface area contributed by atoms with Gasteiger partial charge in [0.15, 0.2) is 5.84 Å². The van der Waals surface area contributed by atoms with Gasteiger partial charge in [-0.1, -0.05) is 76.4 Å². The number of fused-ring (bicyclic) bond motifs is 2. The van der Waals surface area contributed by atoms with Gasteiger partial charge in [-0.25, -0.2) is 13.8 Å². The van der Waals surface area contributed by atoms with Crippen LogP contribution in [0.5, 0.6) is 0 Å². The summed E-state index contributed by atoms with van der Waals surface area (Å²) in [7, 11) is 0.